The van der Waals surface area contributed by atoms with Crippen molar-refractivity contribution in [1.82, 2.24) is 10.6 Å². The summed E-state index contributed by atoms with van der Waals surface area (Å²) in [4.78, 5) is 23.2. The minimum Gasteiger partial charge on any atom is -0.376 e. The molecule has 5 nitrogen and oxygen atoms in total. The van der Waals surface area contributed by atoms with Crippen molar-refractivity contribution < 1.29 is 9.59 Å². The van der Waals surface area contributed by atoms with Gasteiger partial charge in [0.15, 0.2) is 0 Å². The van der Waals surface area contributed by atoms with Crippen molar-refractivity contribution in [2.24, 2.45) is 0 Å². The van der Waals surface area contributed by atoms with Crippen LogP contribution in [0.1, 0.15) is 45.1 Å². The largest absolute Gasteiger partial charge is 0.376 e. The number of anilines is 1. The van der Waals surface area contributed by atoms with E-state index in [1.807, 2.05) is 31.2 Å². The Morgan fingerprint density at radius 2 is 1.90 bits per heavy atom. The fourth-order valence-electron chi connectivity index (χ4n) is 1.93. The number of amides is 3. The molecule has 0 saturated heterocycles. The summed E-state index contributed by atoms with van der Waals surface area (Å²) in [5, 5.41) is 8.02. The van der Waals surface area contributed by atoms with E-state index in [2.05, 4.69) is 29.8 Å². The molecule has 0 aliphatic heterocycles. The smallest absolute Gasteiger partial charge is 0.321 e. The van der Waals surface area contributed by atoms with Crippen molar-refractivity contribution in [3.63, 3.8) is 0 Å². The average molecular weight is 291 g/mol. The summed E-state index contributed by atoms with van der Waals surface area (Å²) in [6.07, 6.45) is 1.91. The maximum absolute atomic E-state index is 11.7. The zero-order valence-corrected chi connectivity index (χ0v) is 13.0. The number of hydrogen-bond acceptors (Lipinski definition) is 3. The van der Waals surface area contributed by atoms with Gasteiger partial charge in [-0.1, -0.05) is 45.4 Å². The Morgan fingerprint density at radius 1 is 1.19 bits per heavy atom. The zero-order valence-electron chi connectivity index (χ0n) is 13.0. The van der Waals surface area contributed by atoms with Gasteiger partial charge in [-0.05, 0) is 24.0 Å². The first-order chi connectivity index (χ1) is 10.0. The maximum atomic E-state index is 11.7. The number of carbonyl (C=O) groups excluding carboxylic acids is 2. The molecule has 0 heterocycles. The quantitative estimate of drug-likeness (QED) is 0.677. The van der Waals surface area contributed by atoms with E-state index in [-0.39, 0.29) is 12.5 Å². The van der Waals surface area contributed by atoms with Crippen LogP contribution >= 0.6 is 0 Å². The molecular formula is C16H25N3O2. The molecule has 1 aromatic carbocycles. The highest BCUT2D eigenvalue weighted by Crippen LogP contribution is 2.23. The number of unbranched alkanes of at least 4 members (excludes halogenated alkanes) is 1. The summed E-state index contributed by atoms with van der Waals surface area (Å²) in [5.74, 6) is 0.0247. The molecule has 21 heavy (non-hydrogen) atoms. The minimum atomic E-state index is -0.438. The van der Waals surface area contributed by atoms with Crippen LogP contribution in [0.25, 0.3) is 0 Å². The number of imide groups is 1. The van der Waals surface area contributed by atoms with Crippen LogP contribution in [0.5, 0.6) is 0 Å². The number of hydrogen-bond donors (Lipinski definition) is 3. The summed E-state index contributed by atoms with van der Waals surface area (Å²) >= 11 is 0. The van der Waals surface area contributed by atoms with E-state index in [4.69, 9.17) is 0 Å². The lowest BCUT2D eigenvalue weighted by Crippen LogP contribution is -2.42. The van der Waals surface area contributed by atoms with E-state index in [0.29, 0.717) is 12.5 Å². The number of urea groups is 1. The first-order valence-corrected chi connectivity index (χ1v) is 7.45. The van der Waals surface area contributed by atoms with Gasteiger partial charge in [0.05, 0.1) is 6.54 Å². The second-order valence-electron chi connectivity index (χ2n) is 5.25. The predicted molar refractivity (Wildman–Crippen MR) is 85.5 cm³/mol. The zero-order chi connectivity index (χ0) is 15.7. The van der Waals surface area contributed by atoms with E-state index in [0.717, 1.165) is 24.1 Å². The van der Waals surface area contributed by atoms with Gasteiger partial charge in [0.25, 0.3) is 0 Å². The number of benzene rings is 1. The third-order valence-corrected chi connectivity index (χ3v) is 3.09. The van der Waals surface area contributed by atoms with E-state index >= 15 is 0 Å². The monoisotopic (exact) mass is 291 g/mol. The van der Waals surface area contributed by atoms with Crippen molar-refractivity contribution in [3.8, 4) is 0 Å². The Balaban J connectivity index is 2.41. The molecule has 0 aliphatic rings. The van der Waals surface area contributed by atoms with Gasteiger partial charge in [-0.3, -0.25) is 10.1 Å². The lowest BCUT2D eigenvalue weighted by molar-refractivity contribution is -0.118. The van der Waals surface area contributed by atoms with Gasteiger partial charge in [-0.25, -0.2) is 4.79 Å². The SMILES string of the molecule is CCCCNC(=O)NC(=O)CNc1ccccc1C(C)C. The maximum Gasteiger partial charge on any atom is 0.321 e. The van der Waals surface area contributed by atoms with E-state index < -0.39 is 6.03 Å². The molecule has 1 rings (SSSR count). The topological polar surface area (TPSA) is 70.2 Å². The standard InChI is InChI=1S/C16H25N3O2/c1-4-5-10-17-16(21)19-15(20)11-18-14-9-7-6-8-13(14)12(2)3/h6-9,12,18H,4-5,10-11H2,1-3H3,(H2,17,19,20,21). The van der Waals surface area contributed by atoms with Gasteiger partial charge in [0.1, 0.15) is 0 Å². The normalized spacial score (nSPS) is 10.3. The average Bonchev–Trinajstić information content (AvgIpc) is 2.45. The molecule has 0 radical (unpaired) electrons. The molecule has 0 saturated carbocycles. The Bertz CT molecular complexity index is 472. The van der Waals surface area contributed by atoms with E-state index in [1.54, 1.807) is 0 Å². The Kier molecular flexibility index (Phi) is 7.29. The van der Waals surface area contributed by atoms with Gasteiger partial charge in [-0.2, -0.15) is 0 Å². The van der Waals surface area contributed by atoms with Gasteiger partial charge >= 0.3 is 6.03 Å². The Hall–Kier alpha value is -2.04. The van der Waals surface area contributed by atoms with Gasteiger partial charge in [0, 0.05) is 12.2 Å². The first-order valence-electron chi connectivity index (χ1n) is 7.45. The van der Waals surface area contributed by atoms with Crippen LogP contribution in [-0.4, -0.2) is 25.0 Å². The summed E-state index contributed by atoms with van der Waals surface area (Å²) < 4.78 is 0. The van der Waals surface area contributed by atoms with Crippen LogP contribution < -0.4 is 16.0 Å². The van der Waals surface area contributed by atoms with Crippen LogP contribution in [0, 0.1) is 0 Å². The molecule has 0 fully saturated rings. The van der Waals surface area contributed by atoms with Crippen molar-refractivity contribution in [3.05, 3.63) is 29.8 Å². The summed E-state index contributed by atoms with van der Waals surface area (Å²) in [6, 6.07) is 7.42. The van der Waals surface area contributed by atoms with Gasteiger partial charge in [0.2, 0.25) is 5.91 Å². The Morgan fingerprint density at radius 3 is 2.57 bits per heavy atom. The Labute approximate surface area is 126 Å². The summed E-state index contributed by atoms with van der Waals surface area (Å²) in [7, 11) is 0. The fraction of sp³-hybridized carbons (Fsp3) is 0.500. The van der Waals surface area contributed by atoms with E-state index in [1.165, 1.54) is 0 Å². The van der Waals surface area contributed by atoms with Crippen molar-refractivity contribution in [2.75, 3.05) is 18.4 Å². The molecule has 0 bridgehead atoms. The van der Waals surface area contributed by atoms with Crippen LogP contribution in [0.3, 0.4) is 0 Å². The molecule has 1 aromatic rings. The molecular weight excluding hydrogens is 266 g/mol. The van der Waals surface area contributed by atoms with E-state index in [9.17, 15) is 9.59 Å². The molecule has 0 aliphatic carbocycles. The second kappa shape index (κ2) is 9.00. The predicted octanol–water partition coefficient (Wildman–Crippen LogP) is 2.85. The van der Waals surface area contributed by atoms with Gasteiger partial charge < -0.3 is 10.6 Å². The van der Waals surface area contributed by atoms with Crippen LogP contribution in [0.4, 0.5) is 10.5 Å². The third kappa shape index (κ3) is 6.29. The third-order valence-electron chi connectivity index (χ3n) is 3.09. The summed E-state index contributed by atoms with van der Waals surface area (Å²) in [5.41, 5.74) is 2.08. The number of rotatable bonds is 7. The summed E-state index contributed by atoms with van der Waals surface area (Å²) in [6.45, 7) is 6.90. The molecule has 0 atom stereocenters. The van der Waals surface area contributed by atoms with Crippen molar-refractivity contribution >= 4 is 17.6 Å². The van der Waals surface area contributed by atoms with Gasteiger partial charge in [-0.15, -0.1) is 0 Å². The van der Waals surface area contributed by atoms with Crippen LogP contribution in [-0.2, 0) is 4.79 Å². The molecule has 0 unspecified atom stereocenters. The molecule has 0 spiro atoms. The molecule has 116 valence electrons. The highest BCUT2D eigenvalue weighted by Gasteiger charge is 2.09. The number of carbonyl (C=O) groups is 2. The molecule has 5 heteroatoms. The van der Waals surface area contributed by atoms with Crippen LogP contribution in [0.15, 0.2) is 24.3 Å². The lowest BCUT2D eigenvalue weighted by atomic mass is 10.0. The second-order valence-corrected chi connectivity index (χ2v) is 5.25. The highest BCUT2D eigenvalue weighted by atomic mass is 16.2. The number of nitrogens with one attached hydrogen (secondary N) is 3. The lowest BCUT2D eigenvalue weighted by Gasteiger charge is -2.14. The molecule has 3 N–H and O–H groups in total. The fourth-order valence-corrected chi connectivity index (χ4v) is 1.93. The highest BCUT2D eigenvalue weighted by molar-refractivity contribution is 5.96. The van der Waals surface area contributed by atoms with Crippen molar-refractivity contribution in [2.45, 2.75) is 39.5 Å². The van der Waals surface area contributed by atoms with Crippen LogP contribution in [0.2, 0.25) is 0 Å². The molecule has 3 amide bonds. The number of para-hydroxylation sites is 1. The first kappa shape index (κ1) is 17.0. The molecule has 0 aromatic heterocycles. The van der Waals surface area contributed by atoms with Crippen molar-refractivity contribution in [1.29, 1.82) is 0 Å². The minimum absolute atomic E-state index is 0.0743.